The predicted molar refractivity (Wildman–Crippen MR) is 71.1 cm³/mol. The Balaban J connectivity index is 2.39. The average Bonchev–Trinajstić information content (AvgIpc) is 2.48. The molecular formula is C12H27NOS. The topological polar surface area (TPSA) is 12.5 Å². The van der Waals surface area contributed by atoms with Gasteiger partial charge in [0.15, 0.2) is 0 Å². The summed E-state index contributed by atoms with van der Waals surface area (Å²) < 4.78 is 6.02. The fraction of sp³-hybridized carbons (Fsp3) is 1.00. The molecule has 1 aliphatic heterocycles. The molecule has 1 saturated heterocycles. The van der Waals surface area contributed by atoms with E-state index in [0.717, 1.165) is 11.9 Å². The molecule has 3 heteroatoms. The quantitative estimate of drug-likeness (QED) is 0.752. The van der Waals surface area contributed by atoms with Crippen LogP contribution in [0.1, 0.15) is 34.1 Å². The average molecular weight is 233 g/mol. The molecule has 1 unspecified atom stereocenters. The van der Waals surface area contributed by atoms with Crippen molar-refractivity contribution in [2.75, 3.05) is 25.6 Å². The molecule has 92 valence electrons. The first kappa shape index (κ1) is 13.3. The highest BCUT2D eigenvalue weighted by molar-refractivity contribution is 8.16. The van der Waals surface area contributed by atoms with Crippen molar-refractivity contribution in [3.05, 3.63) is 0 Å². The third-order valence-corrected chi connectivity index (χ3v) is 4.79. The molecule has 0 aromatic heterocycles. The summed E-state index contributed by atoms with van der Waals surface area (Å²) in [7, 11) is 0.146. The summed E-state index contributed by atoms with van der Waals surface area (Å²) in [6.07, 6.45) is 6.36. The molecule has 0 amide bonds. The van der Waals surface area contributed by atoms with Crippen molar-refractivity contribution in [1.29, 1.82) is 0 Å². The van der Waals surface area contributed by atoms with E-state index in [1.807, 2.05) is 0 Å². The van der Waals surface area contributed by atoms with E-state index in [0.29, 0.717) is 6.10 Å². The smallest absolute Gasteiger partial charge is 0.0721 e. The summed E-state index contributed by atoms with van der Waals surface area (Å²) in [6, 6.07) is 0. The van der Waals surface area contributed by atoms with Crippen molar-refractivity contribution >= 4 is 10.9 Å². The van der Waals surface area contributed by atoms with Gasteiger partial charge in [-0.05, 0) is 46.6 Å². The summed E-state index contributed by atoms with van der Waals surface area (Å²) in [4.78, 5) is 2.59. The first-order valence-electron chi connectivity index (χ1n) is 5.88. The second-order valence-electron chi connectivity index (χ2n) is 5.73. The van der Waals surface area contributed by atoms with Crippen molar-refractivity contribution in [1.82, 2.24) is 4.90 Å². The summed E-state index contributed by atoms with van der Waals surface area (Å²) in [5.74, 6) is 0. The number of ether oxygens (including phenoxy) is 1. The molecular weight excluding hydrogens is 206 g/mol. The Hall–Kier alpha value is 0.270. The van der Waals surface area contributed by atoms with E-state index in [1.165, 1.54) is 13.0 Å². The number of hydrogen-bond donors (Lipinski definition) is 1. The van der Waals surface area contributed by atoms with Crippen LogP contribution in [0.4, 0.5) is 0 Å². The summed E-state index contributed by atoms with van der Waals surface area (Å²) in [5.41, 5.74) is 0.00702. The molecule has 15 heavy (non-hydrogen) atoms. The van der Waals surface area contributed by atoms with Gasteiger partial charge in [0.25, 0.3) is 0 Å². The molecule has 1 aliphatic rings. The highest BCUT2D eigenvalue weighted by Gasteiger charge is 2.29. The standard InChI is InChI=1S/C12H27NOS/c1-10(15(5)6)13-8-7-11(9-13)14-12(2,3)4/h10-11,15H,7-9H2,1-6H3/t10?,11-/m1/s1. The Labute approximate surface area is 97.7 Å². The molecule has 0 saturated carbocycles. The zero-order valence-corrected chi connectivity index (χ0v) is 12.0. The maximum absolute atomic E-state index is 6.02. The lowest BCUT2D eigenvalue weighted by Crippen LogP contribution is -2.34. The highest BCUT2D eigenvalue weighted by Crippen LogP contribution is 2.29. The van der Waals surface area contributed by atoms with Gasteiger partial charge >= 0.3 is 0 Å². The van der Waals surface area contributed by atoms with Gasteiger partial charge in [0.05, 0.1) is 11.7 Å². The molecule has 0 bridgehead atoms. The van der Waals surface area contributed by atoms with Gasteiger partial charge in [-0.1, -0.05) is 0 Å². The molecule has 0 aliphatic carbocycles. The number of nitrogens with zero attached hydrogens (tertiary/aromatic N) is 1. The van der Waals surface area contributed by atoms with Crippen LogP contribution < -0.4 is 0 Å². The summed E-state index contributed by atoms with van der Waals surface area (Å²) >= 11 is 0. The fourth-order valence-corrected chi connectivity index (χ4v) is 2.88. The van der Waals surface area contributed by atoms with Gasteiger partial charge in [-0.15, -0.1) is 0 Å². The van der Waals surface area contributed by atoms with Crippen LogP contribution in [0.25, 0.3) is 0 Å². The van der Waals surface area contributed by atoms with Gasteiger partial charge in [-0.2, -0.15) is 0 Å². The maximum Gasteiger partial charge on any atom is 0.0721 e. The molecule has 2 nitrogen and oxygen atoms in total. The van der Waals surface area contributed by atoms with E-state index in [4.69, 9.17) is 4.74 Å². The normalized spacial score (nSPS) is 26.8. The van der Waals surface area contributed by atoms with E-state index < -0.39 is 0 Å². The lowest BCUT2D eigenvalue weighted by atomic mass is 10.2. The Morgan fingerprint density at radius 3 is 2.40 bits per heavy atom. The second kappa shape index (κ2) is 5.07. The van der Waals surface area contributed by atoms with Crippen LogP contribution in [0.15, 0.2) is 0 Å². The Bertz CT molecular complexity index is 200. The Morgan fingerprint density at radius 1 is 1.33 bits per heavy atom. The fourth-order valence-electron chi connectivity index (χ4n) is 2.02. The van der Waals surface area contributed by atoms with Gasteiger partial charge in [0.2, 0.25) is 0 Å². The van der Waals surface area contributed by atoms with E-state index in [2.05, 4.69) is 45.1 Å². The van der Waals surface area contributed by atoms with Crippen LogP contribution in [0.5, 0.6) is 0 Å². The van der Waals surface area contributed by atoms with Crippen molar-refractivity contribution in [3.8, 4) is 0 Å². The van der Waals surface area contributed by atoms with Crippen LogP contribution in [-0.4, -0.2) is 47.6 Å². The monoisotopic (exact) mass is 233 g/mol. The molecule has 0 aromatic carbocycles. The van der Waals surface area contributed by atoms with E-state index in [-0.39, 0.29) is 16.5 Å². The lowest BCUT2D eigenvalue weighted by Gasteiger charge is -2.30. The maximum atomic E-state index is 6.02. The molecule has 2 atom stereocenters. The number of likely N-dealkylation sites (tertiary alicyclic amines) is 1. The van der Waals surface area contributed by atoms with Crippen LogP contribution in [0, 0.1) is 0 Å². The van der Waals surface area contributed by atoms with E-state index in [9.17, 15) is 0 Å². The van der Waals surface area contributed by atoms with Gasteiger partial charge in [0, 0.05) is 18.5 Å². The zero-order valence-electron chi connectivity index (χ0n) is 11.1. The van der Waals surface area contributed by atoms with Crippen LogP contribution >= 0.6 is 10.9 Å². The highest BCUT2D eigenvalue weighted by atomic mass is 32.2. The zero-order chi connectivity index (χ0) is 11.6. The minimum absolute atomic E-state index is 0.00702. The van der Waals surface area contributed by atoms with Crippen LogP contribution in [0.3, 0.4) is 0 Å². The molecule has 0 N–H and O–H groups in total. The first-order chi connectivity index (χ1) is 6.79. The molecule has 1 fully saturated rings. The Morgan fingerprint density at radius 2 is 1.93 bits per heavy atom. The summed E-state index contributed by atoms with van der Waals surface area (Å²) in [5, 5.41) is 0.744. The van der Waals surface area contributed by atoms with Crippen LogP contribution in [0.2, 0.25) is 0 Å². The molecule has 1 rings (SSSR count). The summed E-state index contributed by atoms with van der Waals surface area (Å²) in [6.45, 7) is 11.1. The van der Waals surface area contributed by atoms with Crippen molar-refractivity contribution in [2.45, 2.75) is 51.2 Å². The number of rotatable bonds is 3. The molecule has 1 heterocycles. The van der Waals surface area contributed by atoms with E-state index in [1.54, 1.807) is 0 Å². The minimum atomic E-state index is 0.00702. The van der Waals surface area contributed by atoms with E-state index >= 15 is 0 Å². The number of hydrogen-bond acceptors (Lipinski definition) is 2. The molecule has 0 aromatic rings. The third-order valence-electron chi connectivity index (χ3n) is 2.97. The van der Waals surface area contributed by atoms with Gasteiger partial charge in [-0.25, -0.2) is 10.9 Å². The van der Waals surface area contributed by atoms with Crippen molar-refractivity contribution < 1.29 is 4.74 Å². The van der Waals surface area contributed by atoms with Crippen molar-refractivity contribution in [3.63, 3.8) is 0 Å². The Kier molecular flexibility index (Phi) is 4.50. The molecule has 0 spiro atoms. The predicted octanol–water partition coefficient (Wildman–Crippen LogP) is 2.48. The van der Waals surface area contributed by atoms with Gasteiger partial charge < -0.3 is 4.74 Å². The van der Waals surface area contributed by atoms with Crippen molar-refractivity contribution in [2.24, 2.45) is 0 Å². The van der Waals surface area contributed by atoms with Crippen LogP contribution in [-0.2, 0) is 4.74 Å². The first-order valence-corrected chi connectivity index (χ1v) is 8.18. The largest absolute Gasteiger partial charge is 0.371 e. The third kappa shape index (κ3) is 4.33. The van der Waals surface area contributed by atoms with Gasteiger partial charge in [0.1, 0.15) is 0 Å². The van der Waals surface area contributed by atoms with Gasteiger partial charge in [-0.3, -0.25) is 4.90 Å². The number of thiol groups is 1. The SMILES string of the molecule is CC(N1CC[C@@H](OC(C)(C)C)C1)[SH](C)C. The lowest BCUT2D eigenvalue weighted by molar-refractivity contribution is -0.0540. The minimum Gasteiger partial charge on any atom is -0.371 e. The molecule has 0 radical (unpaired) electrons. The second-order valence-corrected chi connectivity index (χ2v) is 8.41.